The highest BCUT2D eigenvalue weighted by atomic mass is 16.5. The minimum Gasteiger partial charge on any atom is -0.372 e. The molecule has 30 heavy (non-hydrogen) atoms. The number of carbonyl (C=O) groups excluding carboxylic acids is 3. The highest BCUT2D eigenvalue weighted by Gasteiger charge is 2.64. The van der Waals surface area contributed by atoms with Crippen molar-refractivity contribution < 1.29 is 19.1 Å². The van der Waals surface area contributed by atoms with E-state index in [9.17, 15) is 14.4 Å². The van der Waals surface area contributed by atoms with Crippen LogP contribution in [0.3, 0.4) is 0 Å². The Morgan fingerprint density at radius 3 is 2.47 bits per heavy atom. The molecule has 2 fully saturated rings. The molecule has 0 aliphatic carbocycles. The lowest BCUT2D eigenvalue weighted by atomic mass is 9.66. The number of rotatable bonds is 1. The van der Waals surface area contributed by atoms with Crippen molar-refractivity contribution in [3.05, 3.63) is 60.2 Å². The van der Waals surface area contributed by atoms with E-state index in [2.05, 4.69) is 10.2 Å². The van der Waals surface area contributed by atoms with Crippen LogP contribution in [0.15, 0.2) is 54.6 Å². The first-order valence-corrected chi connectivity index (χ1v) is 10.2. The number of anilines is 2. The van der Waals surface area contributed by atoms with Crippen LogP contribution in [0.1, 0.15) is 19.4 Å². The molecule has 2 aromatic carbocycles. The molecule has 5 rings (SSSR count). The number of ether oxygens (including phenoxy) is 1. The molecule has 1 spiro atoms. The number of fused-ring (bicyclic) bond motifs is 4. The average molecular weight is 405 g/mol. The lowest BCUT2D eigenvalue weighted by Gasteiger charge is -2.56. The van der Waals surface area contributed by atoms with Crippen molar-refractivity contribution >= 4 is 29.2 Å². The third-order valence-electron chi connectivity index (χ3n) is 6.38. The van der Waals surface area contributed by atoms with Crippen LogP contribution in [0, 0.1) is 5.41 Å². The van der Waals surface area contributed by atoms with Gasteiger partial charge in [0.15, 0.2) is 5.41 Å². The largest absolute Gasteiger partial charge is 0.372 e. The molecule has 7 heteroatoms. The van der Waals surface area contributed by atoms with Gasteiger partial charge < -0.3 is 9.64 Å². The molecule has 0 bridgehead atoms. The van der Waals surface area contributed by atoms with Crippen LogP contribution in [0.5, 0.6) is 0 Å². The summed E-state index contributed by atoms with van der Waals surface area (Å²) < 4.78 is 6.09. The van der Waals surface area contributed by atoms with Gasteiger partial charge in [0.1, 0.15) is 0 Å². The summed E-state index contributed by atoms with van der Waals surface area (Å²) in [5.41, 5.74) is 0.910. The number of nitrogens with one attached hydrogen (secondary N) is 1. The highest BCUT2D eigenvalue weighted by molar-refractivity contribution is 6.30. The molecule has 4 amide bonds. The van der Waals surface area contributed by atoms with Gasteiger partial charge >= 0.3 is 6.03 Å². The smallest absolute Gasteiger partial charge is 0.335 e. The number of morpholine rings is 1. The van der Waals surface area contributed by atoms with Gasteiger partial charge in [0, 0.05) is 12.2 Å². The van der Waals surface area contributed by atoms with E-state index in [1.165, 1.54) is 0 Å². The fraction of sp³-hybridized carbons (Fsp3) is 0.348. The van der Waals surface area contributed by atoms with Crippen LogP contribution in [0.25, 0.3) is 0 Å². The van der Waals surface area contributed by atoms with E-state index in [0.29, 0.717) is 12.2 Å². The van der Waals surface area contributed by atoms with E-state index in [0.717, 1.165) is 16.2 Å². The lowest BCUT2D eigenvalue weighted by molar-refractivity contribution is -0.151. The SMILES string of the molecule is C[C@@H]1CN2c3ccccc3C[C@]3(C(=O)NC(=O)N(c4ccccc4)C3=O)[C@@H]2[C@@H](C)O1. The molecule has 0 aromatic heterocycles. The average Bonchev–Trinajstić information content (AvgIpc) is 2.72. The second kappa shape index (κ2) is 6.67. The Labute approximate surface area is 174 Å². The van der Waals surface area contributed by atoms with Gasteiger partial charge in [-0.3, -0.25) is 14.9 Å². The summed E-state index contributed by atoms with van der Waals surface area (Å²) in [7, 11) is 0. The molecule has 3 heterocycles. The Bertz CT molecular complexity index is 1040. The molecule has 4 atom stereocenters. The number of carbonyl (C=O) groups is 3. The number of hydrogen-bond acceptors (Lipinski definition) is 5. The third-order valence-corrected chi connectivity index (χ3v) is 6.38. The van der Waals surface area contributed by atoms with Gasteiger partial charge in [-0.2, -0.15) is 0 Å². The van der Waals surface area contributed by atoms with Gasteiger partial charge in [0.2, 0.25) is 5.91 Å². The van der Waals surface area contributed by atoms with Crippen molar-refractivity contribution in [2.45, 2.75) is 38.5 Å². The van der Waals surface area contributed by atoms with Crippen molar-refractivity contribution in [2.24, 2.45) is 5.41 Å². The van der Waals surface area contributed by atoms with E-state index < -0.39 is 29.3 Å². The minimum atomic E-state index is -1.46. The second-order valence-corrected chi connectivity index (χ2v) is 8.26. The molecule has 2 saturated heterocycles. The van der Waals surface area contributed by atoms with Crippen molar-refractivity contribution in [2.75, 3.05) is 16.3 Å². The van der Waals surface area contributed by atoms with Gasteiger partial charge in [-0.15, -0.1) is 0 Å². The molecule has 7 nitrogen and oxygen atoms in total. The lowest BCUT2D eigenvalue weighted by Crippen LogP contribution is -2.76. The molecular formula is C23H23N3O4. The number of barbiturate groups is 1. The maximum absolute atomic E-state index is 14.0. The van der Waals surface area contributed by atoms with Crippen LogP contribution in [-0.2, 0) is 20.7 Å². The maximum Gasteiger partial charge on any atom is 0.335 e. The van der Waals surface area contributed by atoms with Gasteiger partial charge in [-0.25, -0.2) is 9.69 Å². The monoisotopic (exact) mass is 405 g/mol. The molecule has 0 unspecified atom stereocenters. The molecule has 3 aliphatic heterocycles. The predicted molar refractivity (Wildman–Crippen MR) is 111 cm³/mol. The maximum atomic E-state index is 14.0. The molecule has 0 radical (unpaired) electrons. The number of nitrogens with zero attached hydrogens (tertiary/aromatic N) is 2. The predicted octanol–water partition coefficient (Wildman–Crippen LogP) is 2.49. The van der Waals surface area contributed by atoms with E-state index >= 15 is 0 Å². The number of imide groups is 2. The summed E-state index contributed by atoms with van der Waals surface area (Å²) in [4.78, 5) is 43.3. The quantitative estimate of drug-likeness (QED) is 0.738. The highest BCUT2D eigenvalue weighted by Crippen LogP contribution is 2.48. The van der Waals surface area contributed by atoms with Gasteiger partial charge in [0.05, 0.1) is 23.9 Å². The van der Waals surface area contributed by atoms with Crippen LogP contribution >= 0.6 is 0 Å². The van der Waals surface area contributed by atoms with Crippen molar-refractivity contribution in [1.29, 1.82) is 0 Å². The zero-order chi connectivity index (χ0) is 21.0. The normalized spacial score (nSPS) is 30.7. The molecular weight excluding hydrogens is 382 g/mol. The standard InChI is InChI=1S/C23H23N3O4/c1-14-13-25-18-11-7-6-8-16(18)12-23(19(25)15(2)30-14)20(27)24-22(29)26(21(23)28)17-9-4-3-5-10-17/h3-11,14-15,19H,12-13H2,1-2H3,(H,24,27,29)/t14-,15-,19+,23-/m1/s1. The Morgan fingerprint density at radius 2 is 1.70 bits per heavy atom. The molecule has 0 saturated carbocycles. The summed E-state index contributed by atoms with van der Waals surface area (Å²) in [6.45, 7) is 4.44. The van der Waals surface area contributed by atoms with Gasteiger partial charge in [-0.1, -0.05) is 36.4 Å². The Balaban J connectivity index is 1.70. The minimum absolute atomic E-state index is 0.0481. The van der Waals surface area contributed by atoms with Gasteiger partial charge in [0.25, 0.3) is 5.91 Å². The molecule has 154 valence electrons. The van der Waals surface area contributed by atoms with E-state index in [-0.39, 0.29) is 18.6 Å². The molecule has 2 aromatic rings. The van der Waals surface area contributed by atoms with Crippen molar-refractivity contribution in [3.63, 3.8) is 0 Å². The van der Waals surface area contributed by atoms with E-state index in [1.54, 1.807) is 24.3 Å². The zero-order valence-corrected chi connectivity index (χ0v) is 16.9. The Morgan fingerprint density at radius 1 is 1.00 bits per heavy atom. The summed E-state index contributed by atoms with van der Waals surface area (Å²) in [5.74, 6) is -1.06. The number of hydrogen-bond donors (Lipinski definition) is 1. The molecule has 1 N–H and O–H groups in total. The van der Waals surface area contributed by atoms with Crippen LogP contribution in [0.4, 0.5) is 16.2 Å². The van der Waals surface area contributed by atoms with Crippen molar-refractivity contribution in [1.82, 2.24) is 5.32 Å². The van der Waals surface area contributed by atoms with Crippen molar-refractivity contribution in [3.8, 4) is 0 Å². The number of benzene rings is 2. The summed E-state index contributed by atoms with van der Waals surface area (Å²) in [6, 6.07) is 15.3. The van der Waals surface area contributed by atoms with E-state index in [1.807, 2.05) is 44.2 Å². The fourth-order valence-corrected chi connectivity index (χ4v) is 5.27. The van der Waals surface area contributed by atoms with Crippen LogP contribution in [-0.4, -0.2) is 42.6 Å². The van der Waals surface area contributed by atoms with Crippen LogP contribution in [0.2, 0.25) is 0 Å². The Kier molecular flexibility index (Phi) is 4.18. The zero-order valence-electron chi connectivity index (χ0n) is 16.9. The van der Waals surface area contributed by atoms with E-state index in [4.69, 9.17) is 4.74 Å². The van der Waals surface area contributed by atoms with Crippen LogP contribution < -0.4 is 15.1 Å². The second-order valence-electron chi connectivity index (χ2n) is 8.26. The third kappa shape index (κ3) is 2.51. The summed E-state index contributed by atoms with van der Waals surface area (Å²) >= 11 is 0. The fourth-order valence-electron chi connectivity index (χ4n) is 5.27. The van der Waals surface area contributed by atoms with Gasteiger partial charge in [-0.05, 0) is 44.0 Å². The topological polar surface area (TPSA) is 79.0 Å². The summed E-state index contributed by atoms with van der Waals surface area (Å²) in [5, 5.41) is 2.46. The first-order chi connectivity index (χ1) is 14.4. The number of para-hydroxylation sites is 2. The first kappa shape index (κ1) is 18.8. The molecule has 3 aliphatic rings. The Hall–Kier alpha value is -3.19. The first-order valence-electron chi connectivity index (χ1n) is 10.2. The summed E-state index contributed by atoms with van der Waals surface area (Å²) in [6.07, 6.45) is -0.205. The number of amides is 4. The number of urea groups is 1.